The van der Waals surface area contributed by atoms with E-state index >= 15 is 0 Å². The maximum atomic E-state index is 11.3. The van der Waals surface area contributed by atoms with Gasteiger partial charge in [0.2, 0.25) is 10.3 Å². The quantitative estimate of drug-likeness (QED) is 0.503. The number of nitrogens with one attached hydrogen (secondary N) is 1. The maximum absolute atomic E-state index is 11.3. The Kier molecular flexibility index (Phi) is 4.09. The van der Waals surface area contributed by atoms with Crippen molar-refractivity contribution in [1.29, 1.82) is 0 Å². The van der Waals surface area contributed by atoms with Crippen LogP contribution in [0.4, 0.5) is 0 Å². The number of rotatable bonds is 2. The molecular formula is C8H13NO4S. The molecule has 14 heavy (non-hydrogen) atoms. The van der Waals surface area contributed by atoms with E-state index in [4.69, 9.17) is 4.74 Å². The van der Waals surface area contributed by atoms with Gasteiger partial charge in [-0.25, -0.2) is 0 Å². The summed E-state index contributed by atoms with van der Waals surface area (Å²) in [7, 11) is -2.25. The normalized spacial score (nSPS) is 21.8. The predicted octanol–water partition coefficient (Wildman–Crippen LogP) is -0.442. The molecule has 1 rings (SSSR count). The van der Waals surface area contributed by atoms with E-state index in [0.717, 1.165) is 0 Å². The Balaban J connectivity index is 2.66. The molecule has 0 amide bonds. The van der Waals surface area contributed by atoms with Crippen LogP contribution in [0.15, 0.2) is 0 Å². The van der Waals surface area contributed by atoms with Gasteiger partial charge in [-0.2, -0.15) is 8.42 Å². The lowest BCUT2D eigenvalue weighted by molar-refractivity contribution is -0.148. The van der Waals surface area contributed by atoms with E-state index in [2.05, 4.69) is 5.32 Å². The summed E-state index contributed by atoms with van der Waals surface area (Å²) in [5.74, 6) is -0.624. The fraction of sp³-hybridized carbons (Fsp3) is 0.750. The number of hydrogen-bond acceptors (Lipinski definition) is 4. The highest BCUT2D eigenvalue weighted by molar-refractivity contribution is 7.72. The monoisotopic (exact) mass is 219 g/mol. The van der Waals surface area contributed by atoms with Gasteiger partial charge >= 0.3 is 5.97 Å². The summed E-state index contributed by atoms with van der Waals surface area (Å²) in [5.41, 5.74) is 0. The fourth-order valence-electron chi connectivity index (χ4n) is 1.37. The molecule has 0 aromatic heterocycles. The van der Waals surface area contributed by atoms with Crippen molar-refractivity contribution in [3.63, 3.8) is 0 Å². The minimum atomic E-state index is -2.25. The molecule has 6 heteroatoms. The SMILES string of the molecule is CCOC(=O)C1CCNC(=S(=O)=O)C1. The van der Waals surface area contributed by atoms with Crippen LogP contribution in [0.2, 0.25) is 0 Å². The minimum absolute atomic E-state index is 0.203. The topological polar surface area (TPSA) is 72.5 Å². The van der Waals surface area contributed by atoms with E-state index in [-0.39, 0.29) is 23.3 Å². The summed E-state index contributed by atoms with van der Waals surface area (Å²) < 4.78 is 26.1. The first kappa shape index (κ1) is 11.2. The molecule has 0 saturated carbocycles. The van der Waals surface area contributed by atoms with E-state index in [1.165, 1.54) is 0 Å². The molecule has 1 aliphatic heterocycles. The molecule has 5 nitrogen and oxygen atoms in total. The van der Waals surface area contributed by atoms with Gasteiger partial charge < -0.3 is 4.74 Å². The van der Waals surface area contributed by atoms with Crippen molar-refractivity contribution in [3.05, 3.63) is 0 Å². The Morgan fingerprint density at radius 2 is 2.36 bits per heavy atom. The lowest BCUT2D eigenvalue weighted by Gasteiger charge is -2.20. The van der Waals surface area contributed by atoms with Crippen LogP contribution in [0.25, 0.3) is 0 Å². The standard InChI is InChI=1S/C8H13NO4S/c1-2-13-8(10)6-3-4-9-7(5-6)14(11)12/h6,9H,2-5H2,1H3. The largest absolute Gasteiger partial charge is 0.466 e. The Hall–Kier alpha value is -0.880. The Labute approximate surface area is 84.0 Å². The second kappa shape index (κ2) is 5.11. The lowest BCUT2D eigenvalue weighted by atomic mass is 9.98. The van der Waals surface area contributed by atoms with Crippen molar-refractivity contribution in [2.24, 2.45) is 5.92 Å². The van der Waals surface area contributed by atoms with Crippen molar-refractivity contribution in [2.45, 2.75) is 19.8 Å². The van der Waals surface area contributed by atoms with Gasteiger partial charge in [-0.15, -0.1) is 0 Å². The van der Waals surface area contributed by atoms with Gasteiger partial charge in [0.15, 0.2) is 0 Å². The molecule has 0 aromatic rings. The summed E-state index contributed by atoms with van der Waals surface area (Å²) in [5, 5.41) is 2.74. The number of ether oxygens (including phenoxy) is 1. The summed E-state index contributed by atoms with van der Waals surface area (Å²) >= 11 is 0. The van der Waals surface area contributed by atoms with E-state index < -0.39 is 10.3 Å². The van der Waals surface area contributed by atoms with Gasteiger partial charge in [0.25, 0.3) is 0 Å². The van der Waals surface area contributed by atoms with E-state index in [1.54, 1.807) is 6.92 Å². The average molecular weight is 219 g/mol. The smallest absolute Gasteiger partial charge is 0.309 e. The molecule has 1 atom stereocenters. The first-order chi connectivity index (χ1) is 6.65. The number of hydrogen-bond donors (Lipinski definition) is 1. The third-order valence-electron chi connectivity index (χ3n) is 2.07. The number of carbonyl (C=O) groups is 1. The number of esters is 1. The van der Waals surface area contributed by atoms with Crippen LogP contribution >= 0.6 is 0 Å². The second-order valence-electron chi connectivity index (χ2n) is 3.03. The van der Waals surface area contributed by atoms with Gasteiger partial charge in [-0.1, -0.05) is 0 Å². The molecule has 0 spiro atoms. The summed E-state index contributed by atoms with van der Waals surface area (Å²) in [6, 6.07) is 0. The van der Waals surface area contributed by atoms with Crippen molar-refractivity contribution in [1.82, 2.24) is 5.32 Å². The van der Waals surface area contributed by atoms with Crippen LogP contribution in [0, 0.1) is 5.92 Å². The van der Waals surface area contributed by atoms with Crippen molar-refractivity contribution in [2.75, 3.05) is 13.2 Å². The van der Waals surface area contributed by atoms with Crippen LogP contribution in [0.5, 0.6) is 0 Å². The molecule has 0 aliphatic carbocycles. The summed E-state index contributed by atoms with van der Waals surface area (Å²) in [6.07, 6.45) is 0.856. The Morgan fingerprint density at radius 3 is 2.93 bits per heavy atom. The average Bonchev–Trinajstić information content (AvgIpc) is 2.18. The van der Waals surface area contributed by atoms with Crippen LogP contribution < -0.4 is 5.32 Å². The maximum Gasteiger partial charge on any atom is 0.309 e. The Bertz CT molecular complexity index is 338. The van der Waals surface area contributed by atoms with Crippen LogP contribution in [-0.4, -0.2) is 32.5 Å². The first-order valence-corrected chi connectivity index (χ1v) is 5.58. The number of piperidine rings is 1. The van der Waals surface area contributed by atoms with Gasteiger partial charge in [-0.05, 0) is 13.3 Å². The van der Waals surface area contributed by atoms with Crippen LogP contribution in [-0.2, 0) is 19.8 Å². The molecule has 1 N–H and O–H groups in total. The van der Waals surface area contributed by atoms with Gasteiger partial charge in [0.1, 0.15) is 4.99 Å². The first-order valence-electron chi connectivity index (χ1n) is 4.50. The van der Waals surface area contributed by atoms with E-state index in [0.29, 0.717) is 19.6 Å². The van der Waals surface area contributed by atoms with Crippen LogP contribution in [0.1, 0.15) is 19.8 Å². The van der Waals surface area contributed by atoms with Crippen molar-refractivity contribution >= 4 is 21.3 Å². The highest BCUT2D eigenvalue weighted by atomic mass is 32.2. The Morgan fingerprint density at radius 1 is 1.64 bits per heavy atom. The highest BCUT2D eigenvalue weighted by Gasteiger charge is 2.25. The van der Waals surface area contributed by atoms with E-state index in [9.17, 15) is 13.2 Å². The molecule has 1 fully saturated rings. The molecule has 1 saturated heterocycles. The zero-order valence-corrected chi connectivity index (χ0v) is 8.76. The molecular weight excluding hydrogens is 206 g/mol. The van der Waals surface area contributed by atoms with Gasteiger partial charge in [0, 0.05) is 13.0 Å². The minimum Gasteiger partial charge on any atom is -0.466 e. The molecule has 1 aliphatic rings. The molecule has 1 heterocycles. The predicted molar refractivity (Wildman–Crippen MR) is 51.3 cm³/mol. The van der Waals surface area contributed by atoms with Gasteiger partial charge in [0.05, 0.1) is 12.5 Å². The molecule has 80 valence electrons. The molecule has 0 bridgehead atoms. The zero-order valence-electron chi connectivity index (χ0n) is 7.95. The fourth-order valence-corrected chi connectivity index (χ4v) is 1.93. The third-order valence-corrected chi connectivity index (χ3v) is 2.78. The second-order valence-corrected chi connectivity index (χ2v) is 3.99. The highest BCUT2D eigenvalue weighted by Crippen LogP contribution is 2.14. The lowest BCUT2D eigenvalue weighted by Crippen LogP contribution is -2.37. The van der Waals surface area contributed by atoms with Crippen molar-refractivity contribution in [3.8, 4) is 0 Å². The summed E-state index contributed by atoms with van der Waals surface area (Å²) in [4.78, 5) is 11.5. The third kappa shape index (κ3) is 2.81. The molecule has 0 aromatic carbocycles. The van der Waals surface area contributed by atoms with Crippen molar-refractivity contribution < 1.29 is 17.9 Å². The van der Waals surface area contributed by atoms with E-state index in [1.807, 2.05) is 0 Å². The number of carbonyl (C=O) groups excluding carboxylic acids is 1. The molecule has 0 radical (unpaired) electrons. The molecule has 1 unspecified atom stereocenters. The van der Waals surface area contributed by atoms with Gasteiger partial charge in [-0.3, -0.25) is 10.1 Å². The summed E-state index contributed by atoms with van der Waals surface area (Å²) in [6.45, 7) is 2.57. The van der Waals surface area contributed by atoms with Crippen LogP contribution in [0.3, 0.4) is 0 Å². The zero-order chi connectivity index (χ0) is 10.6.